The van der Waals surface area contributed by atoms with E-state index < -0.39 is 11.9 Å². The van der Waals surface area contributed by atoms with Crippen molar-refractivity contribution in [2.75, 3.05) is 14.2 Å². The van der Waals surface area contributed by atoms with Crippen LogP contribution in [0.1, 0.15) is 17.2 Å². The van der Waals surface area contributed by atoms with E-state index in [1.54, 1.807) is 31.4 Å². The van der Waals surface area contributed by atoms with Crippen LogP contribution in [0.5, 0.6) is 11.5 Å². The van der Waals surface area contributed by atoms with E-state index in [0.29, 0.717) is 17.1 Å². The zero-order valence-electron chi connectivity index (χ0n) is 11.5. The lowest BCUT2D eigenvalue weighted by atomic mass is 9.99. The van der Waals surface area contributed by atoms with Gasteiger partial charge in [0.1, 0.15) is 5.82 Å². The van der Waals surface area contributed by atoms with Gasteiger partial charge in [0, 0.05) is 4.47 Å². The molecule has 2 aromatic carbocycles. The molecule has 2 rings (SSSR count). The van der Waals surface area contributed by atoms with Crippen LogP contribution in [0.4, 0.5) is 4.39 Å². The molecule has 0 amide bonds. The summed E-state index contributed by atoms with van der Waals surface area (Å²) < 4.78 is 24.8. The summed E-state index contributed by atoms with van der Waals surface area (Å²) in [5, 5.41) is 0.0201. The highest BCUT2D eigenvalue weighted by Gasteiger charge is 2.20. The Morgan fingerprint density at radius 2 is 1.76 bits per heavy atom. The van der Waals surface area contributed by atoms with Crippen molar-refractivity contribution in [1.82, 2.24) is 0 Å². The van der Waals surface area contributed by atoms with Gasteiger partial charge < -0.3 is 15.2 Å². The molecule has 1 unspecified atom stereocenters. The topological polar surface area (TPSA) is 44.5 Å². The monoisotopic (exact) mass is 373 g/mol. The quantitative estimate of drug-likeness (QED) is 0.867. The largest absolute Gasteiger partial charge is 0.493 e. The number of nitrogens with two attached hydrogens (primary N) is 1. The van der Waals surface area contributed by atoms with Crippen LogP contribution in [-0.2, 0) is 0 Å². The molecule has 21 heavy (non-hydrogen) atoms. The van der Waals surface area contributed by atoms with E-state index in [4.69, 9.17) is 26.8 Å². The molecule has 0 bridgehead atoms. The van der Waals surface area contributed by atoms with E-state index in [1.165, 1.54) is 13.2 Å². The normalized spacial score (nSPS) is 12.1. The van der Waals surface area contributed by atoms with Gasteiger partial charge in [0.05, 0.1) is 25.3 Å². The number of rotatable bonds is 4. The summed E-state index contributed by atoms with van der Waals surface area (Å²) in [6.45, 7) is 0. The molecule has 6 heteroatoms. The van der Waals surface area contributed by atoms with Crippen molar-refractivity contribution in [1.29, 1.82) is 0 Å². The molecule has 2 N–H and O–H groups in total. The van der Waals surface area contributed by atoms with E-state index in [9.17, 15) is 4.39 Å². The Hall–Kier alpha value is -1.30. The summed E-state index contributed by atoms with van der Waals surface area (Å²) in [7, 11) is 3.09. The molecule has 2 aromatic rings. The van der Waals surface area contributed by atoms with Gasteiger partial charge in [0.25, 0.3) is 0 Å². The number of ether oxygens (including phenoxy) is 2. The van der Waals surface area contributed by atoms with Crippen molar-refractivity contribution in [2.24, 2.45) is 5.73 Å². The number of hydrogen-bond donors (Lipinski definition) is 1. The molecule has 0 spiro atoms. The number of methoxy groups -OCH3 is 2. The Morgan fingerprint density at radius 1 is 1.14 bits per heavy atom. The van der Waals surface area contributed by atoms with Crippen LogP contribution < -0.4 is 15.2 Å². The second-order valence-electron chi connectivity index (χ2n) is 4.35. The minimum Gasteiger partial charge on any atom is -0.493 e. The van der Waals surface area contributed by atoms with Gasteiger partial charge in [-0.1, -0.05) is 39.7 Å². The number of halogens is 3. The van der Waals surface area contributed by atoms with Crippen LogP contribution >= 0.6 is 27.5 Å². The summed E-state index contributed by atoms with van der Waals surface area (Å²) in [4.78, 5) is 0. The second kappa shape index (κ2) is 6.64. The first-order chi connectivity index (χ1) is 9.99. The Balaban J connectivity index is 2.53. The van der Waals surface area contributed by atoms with Gasteiger partial charge in [-0.15, -0.1) is 0 Å². The lowest BCUT2D eigenvalue weighted by Gasteiger charge is -2.18. The van der Waals surface area contributed by atoms with Crippen molar-refractivity contribution in [3.8, 4) is 11.5 Å². The molecule has 0 aliphatic rings. The third-order valence-electron chi connectivity index (χ3n) is 3.15. The van der Waals surface area contributed by atoms with Crippen LogP contribution in [-0.4, -0.2) is 14.2 Å². The molecular weight excluding hydrogens is 361 g/mol. The van der Waals surface area contributed by atoms with Crippen molar-refractivity contribution in [3.63, 3.8) is 0 Å². The number of hydrogen-bond acceptors (Lipinski definition) is 3. The summed E-state index contributed by atoms with van der Waals surface area (Å²) >= 11 is 9.44. The van der Waals surface area contributed by atoms with Crippen molar-refractivity contribution >= 4 is 27.5 Å². The predicted octanol–water partition coefficient (Wildman–Crippen LogP) is 4.31. The van der Waals surface area contributed by atoms with E-state index >= 15 is 0 Å². The van der Waals surface area contributed by atoms with Gasteiger partial charge in [-0.05, 0) is 29.3 Å². The second-order valence-corrected chi connectivity index (χ2v) is 5.58. The molecule has 0 radical (unpaired) electrons. The van der Waals surface area contributed by atoms with Crippen LogP contribution in [0.2, 0.25) is 5.02 Å². The minimum atomic E-state index is -0.595. The fourth-order valence-electron chi connectivity index (χ4n) is 2.04. The molecule has 3 nitrogen and oxygen atoms in total. The lowest BCUT2D eigenvalue weighted by molar-refractivity contribution is 0.354. The first-order valence-corrected chi connectivity index (χ1v) is 7.27. The fourth-order valence-corrected chi connectivity index (χ4v) is 2.85. The third-order valence-corrected chi connectivity index (χ3v) is 4.24. The SMILES string of the molecule is COc1cc(Br)c(C(N)c2cccc(F)c2Cl)cc1OC. The highest BCUT2D eigenvalue weighted by atomic mass is 79.9. The van der Waals surface area contributed by atoms with E-state index in [2.05, 4.69) is 15.9 Å². The molecule has 0 aliphatic heterocycles. The lowest BCUT2D eigenvalue weighted by Crippen LogP contribution is -2.14. The van der Waals surface area contributed by atoms with E-state index in [1.807, 2.05) is 0 Å². The van der Waals surface area contributed by atoms with Gasteiger partial charge in [-0.2, -0.15) is 0 Å². The summed E-state index contributed by atoms with van der Waals surface area (Å²) in [5.74, 6) is 0.616. The van der Waals surface area contributed by atoms with Crippen molar-refractivity contribution < 1.29 is 13.9 Å². The van der Waals surface area contributed by atoms with Crippen LogP contribution in [0.25, 0.3) is 0 Å². The molecule has 0 aliphatic carbocycles. The van der Waals surface area contributed by atoms with E-state index in [0.717, 1.165) is 10.0 Å². The van der Waals surface area contributed by atoms with E-state index in [-0.39, 0.29) is 5.02 Å². The first-order valence-electron chi connectivity index (χ1n) is 6.10. The molecule has 0 heterocycles. The molecule has 0 fully saturated rings. The maximum atomic E-state index is 13.6. The average Bonchev–Trinajstić information content (AvgIpc) is 2.49. The van der Waals surface area contributed by atoms with Crippen molar-refractivity contribution in [3.05, 3.63) is 56.8 Å². The molecular formula is C15H14BrClFNO2. The molecule has 112 valence electrons. The van der Waals surface area contributed by atoms with Crippen LogP contribution in [0.15, 0.2) is 34.8 Å². The Morgan fingerprint density at radius 3 is 2.38 bits per heavy atom. The van der Waals surface area contributed by atoms with Gasteiger partial charge in [0.2, 0.25) is 0 Å². The average molecular weight is 375 g/mol. The smallest absolute Gasteiger partial charge is 0.161 e. The Bertz CT molecular complexity index is 666. The zero-order chi connectivity index (χ0) is 15.6. The maximum Gasteiger partial charge on any atom is 0.161 e. The van der Waals surface area contributed by atoms with Gasteiger partial charge in [0.15, 0.2) is 11.5 Å². The maximum absolute atomic E-state index is 13.6. The van der Waals surface area contributed by atoms with Crippen molar-refractivity contribution in [2.45, 2.75) is 6.04 Å². The van der Waals surface area contributed by atoms with Crippen LogP contribution in [0.3, 0.4) is 0 Å². The number of benzene rings is 2. The zero-order valence-corrected chi connectivity index (χ0v) is 13.8. The molecule has 0 aromatic heterocycles. The third kappa shape index (κ3) is 3.15. The first kappa shape index (κ1) is 16.1. The standard InChI is InChI=1S/C15H14BrClFNO2/c1-20-12-6-9(10(16)7-13(12)21-2)15(19)8-4-3-5-11(18)14(8)17/h3-7,15H,19H2,1-2H3. The summed E-state index contributed by atoms with van der Waals surface area (Å²) in [6, 6.07) is 7.46. The summed E-state index contributed by atoms with van der Waals surface area (Å²) in [6.07, 6.45) is 0. The van der Waals surface area contributed by atoms with Gasteiger partial charge in [-0.3, -0.25) is 0 Å². The highest BCUT2D eigenvalue weighted by molar-refractivity contribution is 9.10. The fraction of sp³-hybridized carbons (Fsp3) is 0.200. The minimum absolute atomic E-state index is 0.0201. The predicted molar refractivity (Wildman–Crippen MR) is 84.7 cm³/mol. The van der Waals surface area contributed by atoms with Gasteiger partial charge >= 0.3 is 0 Å². The Kier molecular flexibility index (Phi) is 5.08. The molecule has 0 saturated carbocycles. The van der Waals surface area contributed by atoms with Crippen LogP contribution in [0, 0.1) is 5.82 Å². The summed E-state index contributed by atoms with van der Waals surface area (Å²) in [5.41, 5.74) is 7.45. The van der Waals surface area contributed by atoms with Gasteiger partial charge in [-0.25, -0.2) is 4.39 Å². The molecule has 1 atom stereocenters. The Labute approximate surface area is 135 Å². The molecule has 0 saturated heterocycles. The highest BCUT2D eigenvalue weighted by Crippen LogP contribution is 2.38.